The highest BCUT2D eigenvalue weighted by atomic mass is 32.1. The van der Waals surface area contributed by atoms with Gasteiger partial charge in [0.25, 0.3) is 0 Å². The molecule has 2 atom stereocenters. The molecular weight excluding hydrogens is 310 g/mol. The number of urea groups is 1. The lowest BCUT2D eigenvalue weighted by Gasteiger charge is -2.35. The first-order valence-corrected chi connectivity index (χ1v) is 8.63. The van der Waals surface area contributed by atoms with Crippen LogP contribution in [0.4, 0.5) is 10.5 Å². The van der Waals surface area contributed by atoms with E-state index in [0.717, 1.165) is 22.0 Å². The fourth-order valence-corrected chi connectivity index (χ4v) is 3.56. The van der Waals surface area contributed by atoms with Gasteiger partial charge in [-0.25, -0.2) is 9.78 Å². The molecule has 2 amide bonds. The van der Waals surface area contributed by atoms with Crippen LogP contribution in [-0.4, -0.2) is 41.2 Å². The van der Waals surface area contributed by atoms with E-state index in [1.165, 1.54) is 0 Å². The minimum absolute atomic E-state index is 0.0640. The van der Waals surface area contributed by atoms with Gasteiger partial charge in [-0.15, -0.1) is 11.3 Å². The summed E-state index contributed by atoms with van der Waals surface area (Å²) in [4.78, 5) is 18.8. The van der Waals surface area contributed by atoms with Crippen molar-refractivity contribution in [3.05, 3.63) is 35.3 Å². The second-order valence-electron chi connectivity index (χ2n) is 5.97. The highest BCUT2D eigenvalue weighted by Gasteiger charge is 2.25. The van der Waals surface area contributed by atoms with Gasteiger partial charge in [0.05, 0.1) is 12.2 Å². The van der Waals surface area contributed by atoms with E-state index in [1.807, 2.05) is 50.4 Å². The third-order valence-electron chi connectivity index (χ3n) is 3.69. The van der Waals surface area contributed by atoms with Gasteiger partial charge in [0, 0.05) is 35.4 Å². The fourth-order valence-electron chi connectivity index (χ4n) is 2.76. The quantitative estimate of drug-likeness (QED) is 0.911. The Bertz CT molecular complexity index is 691. The Hall–Kier alpha value is -1.92. The fraction of sp³-hybridized carbons (Fsp3) is 0.412. The molecule has 1 aromatic carbocycles. The van der Waals surface area contributed by atoms with E-state index >= 15 is 0 Å². The molecule has 3 rings (SSSR count). The van der Waals surface area contributed by atoms with E-state index in [1.54, 1.807) is 16.2 Å². The Morgan fingerprint density at radius 2 is 2.09 bits per heavy atom. The van der Waals surface area contributed by atoms with Crippen molar-refractivity contribution in [2.24, 2.45) is 0 Å². The first-order valence-electron chi connectivity index (χ1n) is 7.75. The van der Waals surface area contributed by atoms with Crippen LogP contribution in [0.5, 0.6) is 0 Å². The SMILES string of the molecule is Cc1csc(-c2cccc(NC(=O)N3CC(C)OC(C)C3)c2)n1. The Morgan fingerprint density at radius 3 is 2.74 bits per heavy atom. The second-order valence-corrected chi connectivity index (χ2v) is 6.83. The summed E-state index contributed by atoms with van der Waals surface area (Å²) in [5, 5.41) is 5.97. The van der Waals surface area contributed by atoms with Crippen LogP contribution in [0.25, 0.3) is 10.6 Å². The number of benzene rings is 1. The summed E-state index contributed by atoms with van der Waals surface area (Å²) in [5.74, 6) is 0. The van der Waals surface area contributed by atoms with Crippen molar-refractivity contribution in [3.8, 4) is 10.6 Å². The smallest absolute Gasteiger partial charge is 0.322 e. The highest BCUT2D eigenvalue weighted by Crippen LogP contribution is 2.26. The zero-order valence-corrected chi connectivity index (χ0v) is 14.4. The van der Waals surface area contributed by atoms with Gasteiger partial charge in [0.15, 0.2) is 0 Å². The first-order chi connectivity index (χ1) is 11.0. The number of aromatic nitrogens is 1. The molecule has 0 saturated carbocycles. The van der Waals surface area contributed by atoms with Crippen molar-refractivity contribution >= 4 is 23.1 Å². The molecule has 1 aliphatic rings. The zero-order chi connectivity index (χ0) is 16.4. The number of thiazole rings is 1. The predicted molar refractivity (Wildman–Crippen MR) is 92.9 cm³/mol. The number of aryl methyl sites for hydroxylation is 1. The van der Waals surface area contributed by atoms with E-state index in [9.17, 15) is 4.79 Å². The molecule has 0 bridgehead atoms. The van der Waals surface area contributed by atoms with Crippen molar-refractivity contribution in [1.82, 2.24) is 9.88 Å². The van der Waals surface area contributed by atoms with Crippen LogP contribution in [0.1, 0.15) is 19.5 Å². The molecule has 6 heteroatoms. The van der Waals surface area contributed by atoms with Gasteiger partial charge in [0.2, 0.25) is 0 Å². The summed E-state index contributed by atoms with van der Waals surface area (Å²) in [7, 11) is 0. The molecular formula is C17H21N3O2S. The summed E-state index contributed by atoms with van der Waals surface area (Å²) >= 11 is 1.61. The number of amides is 2. The Labute approximate surface area is 140 Å². The second kappa shape index (κ2) is 6.68. The molecule has 2 heterocycles. The van der Waals surface area contributed by atoms with E-state index in [4.69, 9.17) is 4.74 Å². The van der Waals surface area contributed by atoms with Crippen LogP contribution in [0.3, 0.4) is 0 Å². The summed E-state index contributed by atoms with van der Waals surface area (Å²) in [5.41, 5.74) is 2.81. The molecule has 5 nitrogen and oxygen atoms in total. The van der Waals surface area contributed by atoms with Crippen molar-refractivity contribution in [3.63, 3.8) is 0 Å². The maximum atomic E-state index is 12.5. The zero-order valence-electron chi connectivity index (χ0n) is 13.6. The Kier molecular flexibility index (Phi) is 4.63. The molecule has 23 heavy (non-hydrogen) atoms. The number of carbonyl (C=O) groups excluding carboxylic acids is 1. The van der Waals surface area contributed by atoms with Crippen molar-refractivity contribution in [2.45, 2.75) is 33.0 Å². The lowest BCUT2D eigenvalue weighted by atomic mass is 10.2. The average Bonchev–Trinajstić information content (AvgIpc) is 2.93. The van der Waals surface area contributed by atoms with Crippen LogP contribution in [0.15, 0.2) is 29.6 Å². The number of morpholine rings is 1. The number of anilines is 1. The van der Waals surface area contributed by atoms with E-state index in [0.29, 0.717) is 13.1 Å². The molecule has 0 spiro atoms. The maximum absolute atomic E-state index is 12.5. The molecule has 2 aromatic rings. The summed E-state index contributed by atoms with van der Waals surface area (Å²) in [6.07, 6.45) is 0.128. The number of carbonyl (C=O) groups is 1. The van der Waals surface area contributed by atoms with E-state index in [2.05, 4.69) is 10.3 Å². The first kappa shape index (κ1) is 16.0. The van der Waals surface area contributed by atoms with E-state index < -0.39 is 0 Å². The number of ether oxygens (including phenoxy) is 1. The monoisotopic (exact) mass is 331 g/mol. The standard InChI is InChI=1S/C17H21N3O2S/c1-11-10-23-16(18-11)14-5-4-6-15(7-14)19-17(21)20-8-12(2)22-13(3)9-20/h4-7,10,12-13H,8-9H2,1-3H3,(H,19,21). The predicted octanol–water partition coefficient (Wildman–Crippen LogP) is 3.76. The summed E-state index contributed by atoms with van der Waals surface area (Å²) in [6, 6.07) is 7.72. The Morgan fingerprint density at radius 1 is 1.35 bits per heavy atom. The van der Waals surface area contributed by atoms with Crippen molar-refractivity contribution in [1.29, 1.82) is 0 Å². The largest absolute Gasteiger partial charge is 0.372 e. The maximum Gasteiger partial charge on any atom is 0.322 e. The number of hydrogen-bond donors (Lipinski definition) is 1. The van der Waals surface area contributed by atoms with Gasteiger partial charge in [-0.3, -0.25) is 0 Å². The van der Waals surface area contributed by atoms with Crippen LogP contribution in [0, 0.1) is 6.92 Å². The number of rotatable bonds is 2. The number of nitrogens with zero attached hydrogens (tertiary/aromatic N) is 2. The summed E-state index contributed by atoms with van der Waals surface area (Å²) < 4.78 is 5.67. The van der Waals surface area contributed by atoms with Crippen molar-refractivity contribution in [2.75, 3.05) is 18.4 Å². The van der Waals surface area contributed by atoms with Crippen LogP contribution in [-0.2, 0) is 4.74 Å². The minimum Gasteiger partial charge on any atom is -0.372 e. The number of nitrogens with one attached hydrogen (secondary N) is 1. The molecule has 1 aliphatic heterocycles. The molecule has 1 saturated heterocycles. The molecule has 0 radical (unpaired) electrons. The van der Waals surface area contributed by atoms with Gasteiger partial charge >= 0.3 is 6.03 Å². The Balaban J connectivity index is 1.71. The number of hydrogen-bond acceptors (Lipinski definition) is 4. The molecule has 1 N–H and O–H groups in total. The average molecular weight is 331 g/mol. The lowest BCUT2D eigenvalue weighted by Crippen LogP contribution is -2.49. The van der Waals surface area contributed by atoms with Gasteiger partial charge in [-0.05, 0) is 32.9 Å². The van der Waals surface area contributed by atoms with Gasteiger partial charge in [0.1, 0.15) is 5.01 Å². The molecule has 1 aromatic heterocycles. The lowest BCUT2D eigenvalue weighted by molar-refractivity contribution is -0.0530. The topological polar surface area (TPSA) is 54.5 Å². The summed E-state index contributed by atoms with van der Waals surface area (Å²) in [6.45, 7) is 7.18. The highest BCUT2D eigenvalue weighted by molar-refractivity contribution is 7.13. The van der Waals surface area contributed by atoms with Gasteiger partial charge in [-0.1, -0.05) is 12.1 Å². The third-order valence-corrected chi connectivity index (χ3v) is 4.70. The molecule has 2 unspecified atom stereocenters. The van der Waals surface area contributed by atoms with Crippen LogP contribution in [0.2, 0.25) is 0 Å². The third kappa shape index (κ3) is 3.89. The molecule has 122 valence electrons. The minimum atomic E-state index is -0.0838. The van der Waals surface area contributed by atoms with Gasteiger partial charge in [-0.2, -0.15) is 0 Å². The van der Waals surface area contributed by atoms with Crippen molar-refractivity contribution < 1.29 is 9.53 Å². The normalized spacial score (nSPS) is 21.3. The van der Waals surface area contributed by atoms with Crippen LogP contribution < -0.4 is 5.32 Å². The van der Waals surface area contributed by atoms with Gasteiger partial charge < -0.3 is 15.0 Å². The van der Waals surface area contributed by atoms with E-state index in [-0.39, 0.29) is 18.2 Å². The van der Waals surface area contributed by atoms with Crippen LogP contribution >= 0.6 is 11.3 Å². The molecule has 0 aliphatic carbocycles. The molecule has 1 fully saturated rings.